The number of anilines is 2. The van der Waals surface area contributed by atoms with Crippen LogP contribution in [0.15, 0.2) is 46.9 Å². The number of halogens is 1. The van der Waals surface area contributed by atoms with Gasteiger partial charge in [-0.3, -0.25) is 9.52 Å². The van der Waals surface area contributed by atoms with Crippen molar-refractivity contribution >= 4 is 43.2 Å². The summed E-state index contributed by atoms with van der Waals surface area (Å²) in [4.78, 5) is 12.1. The Bertz CT molecular complexity index is 883. The van der Waals surface area contributed by atoms with Gasteiger partial charge in [0.15, 0.2) is 0 Å². The average Bonchev–Trinajstić information content (AvgIpc) is 2.61. The Balaban J connectivity index is 1.87. The molecule has 2 rings (SSSR count). The summed E-state index contributed by atoms with van der Waals surface area (Å²) in [5, 5.41) is 2.81. The molecule has 2 N–H and O–H groups in total. The first-order valence-corrected chi connectivity index (χ1v) is 11.0. The van der Waals surface area contributed by atoms with Crippen LogP contribution < -0.4 is 14.8 Å². The van der Waals surface area contributed by atoms with E-state index in [-0.39, 0.29) is 11.7 Å². The van der Waals surface area contributed by atoms with Crippen LogP contribution in [0.1, 0.15) is 25.3 Å². The molecule has 0 aliphatic carbocycles. The molecule has 1 amide bonds. The number of nitrogens with one attached hydrogen (secondary N) is 2. The Kier molecular flexibility index (Phi) is 7.67. The predicted octanol–water partition coefficient (Wildman–Crippen LogP) is 4.18. The van der Waals surface area contributed by atoms with Gasteiger partial charge in [-0.2, -0.15) is 0 Å². The van der Waals surface area contributed by atoms with Gasteiger partial charge in [-0.1, -0.05) is 13.0 Å². The second-order valence-corrected chi connectivity index (χ2v) is 8.71. The molecule has 0 fully saturated rings. The molecule has 0 spiro atoms. The van der Waals surface area contributed by atoms with Gasteiger partial charge >= 0.3 is 0 Å². The Labute approximate surface area is 168 Å². The third kappa shape index (κ3) is 6.88. The van der Waals surface area contributed by atoms with Crippen LogP contribution in [0, 0.1) is 0 Å². The van der Waals surface area contributed by atoms with Crippen LogP contribution in [-0.2, 0) is 21.2 Å². The highest BCUT2D eigenvalue weighted by Crippen LogP contribution is 2.26. The highest BCUT2D eigenvalue weighted by Gasteiger charge is 2.09. The summed E-state index contributed by atoms with van der Waals surface area (Å²) in [6.45, 7) is 1.81. The molecular weight excluding hydrogens is 432 g/mol. The first-order chi connectivity index (χ1) is 12.8. The van der Waals surface area contributed by atoms with E-state index in [0.717, 1.165) is 15.8 Å². The van der Waals surface area contributed by atoms with E-state index in [2.05, 4.69) is 26.0 Å². The molecule has 27 heavy (non-hydrogen) atoms. The molecule has 146 valence electrons. The number of aryl methyl sites for hydroxylation is 1. The SMILES string of the molecule is CCCS(=O)(=O)Nc1ccc(NC(=O)CCc2ccc(OC)c(Br)c2)cc1. The lowest BCUT2D eigenvalue weighted by Crippen LogP contribution is -2.16. The molecule has 2 aromatic rings. The maximum Gasteiger partial charge on any atom is 0.232 e. The number of methoxy groups -OCH3 is 1. The van der Waals surface area contributed by atoms with E-state index in [1.165, 1.54) is 0 Å². The van der Waals surface area contributed by atoms with Crippen LogP contribution >= 0.6 is 15.9 Å². The first-order valence-electron chi connectivity index (χ1n) is 8.56. The Morgan fingerprint density at radius 1 is 1.11 bits per heavy atom. The zero-order chi connectivity index (χ0) is 19.9. The van der Waals surface area contributed by atoms with E-state index in [1.54, 1.807) is 31.4 Å². The Morgan fingerprint density at radius 2 is 1.78 bits per heavy atom. The highest BCUT2D eigenvalue weighted by atomic mass is 79.9. The summed E-state index contributed by atoms with van der Waals surface area (Å²) in [6, 6.07) is 12.3. The van der Waals surface area contributed by atoms with Crippen molar-refractivity contribution in [2.45, 2.75) is 26.2 Å². The van der Waals surface area contributed by atoms with E-state index in [9.17, 15) is 13.2 Å². The van der Waals surface area contributed by atoms with Gasteiger partial charge in [0.1, 0.15) is 5.75 Å². The first kappa shape index (κ1) is 21.2. The fourth-order valence-electron chi connectivity index (χ4n) is 2.47. The molecule has 0 saturated carbocycles. The molecule has 8 heteroatoms. The van der Waals surface area contributed by atoms with E-state index < -0.39 is 10.0 Å². The quantitative estimate of drug-likeness (QED) is 0.594. The minimum Gasteiger partial charge on any atom is -0.496 e. The number of benzene rings is 2. The minimum absolute atomic E-state index is 0.0764. The van der Waals surface area contributed by atoms with Crippen molar-refractivity contribution in [3.8, 4) is 5.75 Å². The third-order valence-electron chi connectivity index (χ3n) is 3.77. The van der Waals surface area contributed by atoms with Gasteiger partial charge in [0, 0.05) is 17.8 Å². The largest absolute Gasteiger partial charge is 0.496 e. The van der Waals surface area contributed by atoms with Gasteiger partial charge in [0.2, 0.25) is 15.9 Å². The van der Waals surface area contributed by atoms with Crippen molar-refractivity contribution in [2.75, 3.05) is 22.9 Å². The van der Waals surface area contributed by atoms with Crippen molar-refractivity contribution in [1.29, 1.82) is 0 Å². The van der Waals surface area contributed by atoms with E-state index >= 15 is 0 Å². The standard InChI is InChI=1S/C19H23BrN2O4S/c1-3-12-27(24,25)22-16-8-6-15(7-9-16)21-19(23)11-5-14-4-10-18(26-2)17(20)13-14/h4,6-10,13,22H,3,5,11-12H2,1-2H3,(H,21,23). The summed E-state index contributed by atoms with van der Waals surface area (Å²) in [5.74, 6) is 0.714. The lowest BCUT2D eigenvalue weighted by molar-refractivity contribution is -0.116. The maximum absolute atomic E-state index is 12.1. The molecule has 0 heterocycles. The van der Waals surface area contributed by atoms with Gasteiger partial charge in [-0.25, -0.2) is 8.42 Å². The summed E-state index contributed by atoms with van der Waals surface area (Å²) in [5.41, 5.74) is 2.12. The van der Waals surface area contributed by atoms with Crippen LogP contribution in [-0.4, -0.2) is 27.2 Å². The number of rotatable bonds is 9. The summed E-state index contributed by atoms with van der Waals surface area (Å²) in [7, 11) is -1.71. The molecular formula is C19H23BrN2O4S. The van der Waals surface area contributed by atoms with Crippen molar-refractivity contribution < 1.29 is 17.9 Å². The normalized spacial score (nSPS) is 11.1. The predicted molar refractivity (Wildman–Crippen MR) is 112 cm³/mol. The number of ether oxygens (including phenoxy) is 1. The van der Waals surface area contributed by atoms with Crippen LogP contribution in [0.5, 0.6) is 5.75 Å². The fourth-order valence-corrected chi connectivity index (χ4v) is 4.19. The number of amides is 1. The topological polar surface area (TPSA) is 84.5 Å². The van der Waals surface area contributed by atoms with Gasteiger partial charge < -0.3 is 10.1 Å². The highest BCUT2D eigenvalue weighted by molar-refractivity contribution is 9.10. The lowest BCUT2D eigenvalue weighted by Gasteiger charge is -2.09. The average molecular weight is 455 g/mol. The molecule has 0 saturated heterocycles. The lowest BCUT2D eigenvalue weighted by atomic mass is 10.1. The van der Waals surface area contributed by atoms with Crippen molar-refractivity contribution in [2.24, 2.45) is 0 Å². The zero-order valence-corrected chi connectivity index (χ0v) is 17.7. The molecule has 0 aromatic heterocycles. The fraction of sp³-hybridized carbons (Fsp3) is 0.316. The second kappa shape index (κ2) is 9.75. The second-order valence-electron chi connectivity index (χ2n) is 6.02. The number of carbonyl (C=O) groups excluding carboxylic acids is 1. The van der Waals surface area contributed by atoms with Gasteiger partial charge in [-0.05, 0) is 70.7 Å². The molecule has 0 unspecified atom stereocenters. The minimum atomic E-state index is -3.32. The maximum atomic E-state index is 12.1. The van der Waals surface area contributed by atoms with Gasteiger partial charge in [-0.15, -0.1) is 0 Å². The Morgan fingerprint density at radius 3 is 2.37 bits per heavy atom. The molecule has 0 atom stereocenters. The van der Waals surface area contributed by atoms with Gasteiger partial charge in [0.25, 0.3) is 0 Å². The van der Waals surface area contributed by atoms with E-state index in [4.69, 9.17) is 4.74 Å². The van der Waals surface area contributed by atoms with Crippen molar-refractivity contribution in [3.63, 3.8) is 0 Å². The van der Waals surface area contributed by atoms with E-state index in [1.807, 2.05) is 25.1 Å². The van der Waals surface area contributed by atoms with Crippen LogP contribution in [0.4, 0.5) is 11.4 Å². The van der Waals surface area contributed by atoms with E-state index in [0.29, 0.717) is 30.6 Å². The number of hydrogen-bond acceptors (Lipinski definition) is 4. The number of carbonyl (C=O) groups is 1. The monoisotopic (exact) mass is 454 g/mol. The zero-order valence-electron chi connectivity index (χ0n) is 15.3. The molecule has 6 nitrogen and oxygen atoms in total. The van der Waals surface area contributed by atoms with Gasteiger partial charge in [0.05, 0.1) is 17.3 Å². The Hall–Kier alpha value is -2.06. The molecule has 0 aliphatic rings. The summed E-state index contributed by atoms with van der Waals surface area (Å²) >= 11 is 3.43. The van der Waals surface area contributed by atoms with Crippen molar-refractivity contribution in [1.82, 2.24) is 0 Å². The van der Waals surface area contributed by atoms with Crippen LogP contribution in [0.3, 0.4) is 0 Å². The molecule has 0 radical (unpaired) electrons. The molecule has 2 aromatic carbocycles. The number of sulfonamides is 1. The summed E-state index contributed by atoms with van der Waals surface area (Å²) in [6.07, 6.45) is 1.49. The third-order valence-corrected chi connectivity index (χ3v) is 5.88. The number of hydrogen-bond donors (Lipinski definition) is 2. The smallest absolute Gasteiger partial charge is 0.232 e. The van der Waals surface area contributed by atoms with Crippen molar-refractivity contribution in [3.05, 3.63) is 52.5 Å². The summed E-state index contributed by atoms with van der Waals surface area (Å²) < 4.78 is 32.1. The van der Waals surface area contributed by atoms with Crippen LogP contribution in [0.25, 0.3) is 0 Å². The molecule has 0 bridgehead atoms. The molecule has 0 aliphatic heterocycles. The van der Waals surface area contributed by atoms with Crippen LogP contribution in [0.2, 0.25) is 0 Å².